The van der Waals surface area contributed by atoms with Crippen LogP contribution in [0.3, 0.4) is 0 Å². The molecule has 1 fully saturated rings. The second kappa shape index (κ2) is 9.23. The molecule has 0 N–H and O–H groups in total. The number of aromatic nitrogens is 2. The van der Waals surface area contributed by atoms with Crippen molar-refractivity contribution in [3.63, 3.8) is 0 Å². The van der Waals surface area contributed by atoms with E-state index in [1.807, 2.05) is 24.8 Å². The van der Waals surface area contributed by atoms with E-state index in [2.05, 4.69) is 87.7 Å². The molecule has 1 aliphatic rings. The lowest BCUT2D eigenvalue weighted by Crippen LogP contribution is -2.26. The van der Waals surface area contributed by atoms with E-state index in [0.29, 0.717) is 5.92 Å². The Bertz CT molecular complexity index is 1000. The second-order valence-corrected chi connectivity index (χ2v) is 8.28. The first-order valence-electron chi connectivity index (χ1n) is 11.1. The van der Waals surface area contributed by atoms with Crippen LogP contribution < -0.4 is 0 Å². The lowest BCUT2D eigenvalue weighted by atomic mass is 9.88. The summed E-state index contributed by atoms with van der Waals surface area (Å²) < 4.78 is 0. The van der Waals surface area contributed by atoms with Gasteiger partial charge >= 0.3 is 0 Å². The van der Waals surface area contributed by atoms with Crippen molar-refractivity contribution in [2.75, 3.05) is 19.6 Å². The van der Waals surface area contributed by atoms with E-state index in [4.69, 9.17) is 0 Å². The number of hydrogen-bond acceptors (Lipinski definition) is 3. The molecule has 0 aliphatic carbocycles. The molecule has 3 nitrogen and oxygen atoms in total. The number of benzene rings is 2. The normalized spacial score (nSPS) is 14.2. The molecule has 5 rings (SSSR count). The first kappa shape index (κ1) is 19.7. The molecule has 3 heterocycles. The molecule has 1 saturated heterocycles. The van der Waals surface area contributed by atoms with Crippen molar-refractivity contribution in [2.45, 2.75) is 18.8 Å². The van der Waals surface area contributed by atoms with Crippen LogP contribution >= 0.6 is 0 Å². The summed E-state index contributed by atoms with van der Waals surface area (Å²) in [5.74, 6) is 0.371. The van der Waals surface area contributed by atoms with E-state index in [-0.39, 0.29) is 0 Å². The fourth-order valence-corrected chi connectivity index (χ4v) is 4.53. The van der Waals surface area contributed by atoms with Crippen molar-refractivity contribution in [3.05, 3.63) is 109 Å². The van der Waals surface area contributed by atoms with Crippen LogP contribution in [-0.4, -0.2) is 34.5 Å². The topological polar surface area (TPSA) is 29.0 Å². The van der Waals surface area contributed by atoms with Gasteiger partial charge in [0.15, 0.2) is 0 Å². The summed E-state index contributed by atoms with van der Waals surface area (Å²) in [7, 11) is 0. The van der Waals surface area contributed by atoms with Gasteiger partial charge in [0.25, 0.3) is 0 Å². The monoisotopic (exact) mass is 405 g/mol. The molecule has 0 unspecified atom stereocenters. The maximum absolute atomic E-state index is 4.13. The molecule has 1 aliphatic heterocycles. The van der Waals surface area contributed by atoms with Gasteiger partial charge in [0.05, 0.1) is 0 Å². The van der Waals surface area contributed by atoms with Crippen molar-refractivity contribution in [2.24, 2.45) is 0 Å². The third-order valence-electron chi connectivity index (χ3n) is 6.29. The number of rotatable bonds is 6. The van der Waals surface area contributed by atoms with E-state index in [1.54, 1.807) is 0 Å². The van der Waals surface area contributed by atoms with Crippen LogP contribution in [-0.2, 0) is 0 Å². The number of pyridine rings is 2. The van der Waals surface area contributed by atoms with Gasteiger partial charge in [-0.25, -0.2) is 0 Å². The molecule has 2 aromatic carbocycles. The van der Waals surface area contributed by atoms with Gasteiger partial charge in [-0.2, -0.15) is 0 Å². The maximum Gasteiger partial charge on any atom is 0.0273 e. The van der Waals surface area contributed by atoms with Gasteiger partial charge in [0.1, 0.15) is 0 Å². The molecule has 4 aromatic rings. The molecule has 0 saturated carbocycles. The fourth-order valence-electron chi connectivity index (χ4n) is 4.53. The van der Waals surface area contributed by atoms with Crippen LogP contribution in [0, 0.1) is 0 Å². The molecular weight excluding hydrogens is 378 g/mol. The van der Waals surface area contributed by atoms with Crippen molar-refractivity contribution in [1.29, 1.82) is 0 Å². The van der Waals surface area contributed by atoms with E-state index in [0.717, 1.165) is 6.54 Å². The Labute approximate surface area is 184 Å². The summed E-state index contributed by atoms with van der Waals surface area (Å²) in [5, 5.41) is 0. The molecule has 2 aromatic heterocycles. The van der Waals surface area contributed by atoms with E-state index < -0.39 is 0 Å². The minimum atomic E-state index is 0.371. The lowest BCUT2D eigenvalue weighted by molar-refractivity contribution is 0.327. The summed E-state index contributed by atoms with van der Waals surface area (Å²) in [6, 6.07) is 26.4. The van der Waals surface area contributed by atoms with Crippen LogP contribution in [0.5, 0.6) is 0 Å². The Morgan fingerprint density at radius 1 is 0.548 bits per heavy atom. The predicted octanol–water partition coefficient (Wildman–Crippen LogP) is 6.04. The van der Waals surface area contributed by atoms with Gasteiger partial charge in [-0.05, 0) is 83.6 Å². The highest BCUT2D eigenvalue weighted by Crippen LogP contribution is 2.31. The Morgan fingerprint density at radius 2 is 0.935 bits per heavy atom. The van der Waals surface area contributed by atoms with Crippen LogP contribution in [0.4, 0.5) is 0 Å². The highest BCUT2D eigenvalue weighted by atomic mass is 15.1. The molecule has 0 amide bonds. The minimum absolute atomic E-state index is 0.371. The Morgan fingerprint density at radius 3 is 1.35 bits per heavy atom. The van der Waals surface area contributed by atoms with E-state index >= 15 is 0 Å². The summed E-state index contributed by atoms with van der Waals surface area (Å²) >= 11 is 0. The van der Waals surface area contributed by atoms with Gasteiger partial charge in [0.2, 0.25) is 0 Å². The maximum atomic E-state index is 4.13. The van der Waals surface area contributed by atoms with Crippen LogP contribution in [0.15, 0.2) is 97.6 Å². The minimum Gasteiger partial charge on any atom is -0.302 e. The zero-order valence-electron chi connectivity index (χ0n) is 17.7. The zero-order chi connectivity index (χ0) is 20.9. The highest BCUT2D eigenvalue weighted by Gasteiger charge is 2.21. The van der Waals surface area contributed by atoms with Gasteiger partial charge in [-0.15, -0.1) is 0 Å². The summed E-state index contributed by atoms with van der Waals surface area (Å²) in [6.45, 7) is 3.49. The number of likely N-dealkylation sites (tertiary alicyclic amines) is 1. The third kappa shape index (κ3) is 4.57. The van der Waals surface area contributed by atoms with Gasteiger partial charge in [-0.1, -0.05) is 48.5 Å². The van der Waals surface area contributed by atoms with Gasteiger partial charge in [0, 0.05) is 37.3 Å². The highest BCUT2D eigenvalue weighted by molar-refractivity contribution is 5.64. The van der Waals surface area contributed by atoms with Crippen LogP contribution in [0.1, 0.15) is 29.9 Å². The third-order valence-corrected chi connectivity index (χ3v) is 6.29. The first-order chi connectivity index (χ1) is 15.4. The van der Waals surface area contributed by atoms with Gasteiger partial charge in [-0.3, -0.25) is 9.97 Å². The quantitative estimate of drug-likeness (QED) is 0.392. The number of hydrogen-bond donors (Lipinski definition) is 0. The Hall–Kier alpha value is -3.30. The Kier molecular flexibility index (Phi) is 5.85. The molecule has 154 valence electrons. The van der Waals surface area contributed by atoms with Crippen molar-refractivity contribution in [3.8, 4) is 22.3 Å². The molecular formula is C28H27N3. The van der Waals surface area contributed by atoms with Crippen molar-refractivity contribution >= 4 is 0 Å². The second-order valence-electron chi connectivity index (χ2n) is 8.28. The SMILES string of the molecule is c1cc(-c2ccc(C(CN3CCCC3)c3ccc(-c4ccncc4)cc3)cc2)ccn1. The molecule has 3 heteroatoms. The van der Waals surface area contributed by atoms with Crippen molar-refractivity contribution in [1.82, 2.24) is 14.9 Å². The lowest BCUT2D eigenvalue weighted by Gasteiger charge is -2.25. The van der Waals surface area contributed by atoms with Gasteiger partial charge < -0.3 is 4.90 Å². The summed E-state index contributed by atoms with van der Waals surface area (Å²) in [5.41, 5.74) is 7.64. The first-order valence-corrected chi connectivity index (χ1v) is 11.1. The molecule has 0 spiro atoms. The molecule has 0 bridgehead atoms. The predicted molar refractivity (Wildman–Crippen MR) is 127 cm³/mol. The Balaban J connectivity index is 1.44. The van der Waals surface area contributed by atoms with E-state index in [9.17, 15) is 0 Å². The fraction of sp³-hybridized carbons (Fsp3) is 0.214. The van der Waals surface area contributed by atoms with Crippen molar-refractivity contribution < 1.29 is 0 Å². The molecule has 31 heavy (non-hydrogen) atoms. The molecule has 0 radical (unpaired) electrons. The largest absolute Gasteiger partial charge is 0.302 e. The zero-order valence-corrected chi connectivity index (χ0v) is 17.7. The standard InChI is InChI=1S/C28H27N3/c1-2-20-31(19-1)21-28(26-7-3-22(4-8-26)24-11-15-29-16-12-24)27-9-5-23(6-10-27)25-13-17-30-18-14-25/h3-18,28H,1-2,19-21H2. The average Bonchev–Trinajstić information content (AvgIpc) is 3.37. The molecule has 0 atom stereocenters. The summed E-state index contributed by atoms with van der Waals surface area (Å²) in [6.07, 6.45) is 10.0. The smallest absolute Gasteiger partial charge is 0.0273 e. The average molecular weight is 406 g/mol. The number of nitrogens with zero attached hydrogens (tertiary/aromatic N) is 3. The van der Waals surface area contributed by atoms with Crippen LogP contribution in [0.2, 0.25) is 0 Å². The summed E-state index contributed by atoms with van der Waals surface area (Å²) in [4.78, 5) is 10.9. The van der Waals surface area contributed by atoms with Crippen LogP contribution in [0.25, 0.3) is 22.3 Å². The van der Waals surface area contributed by atoms with E-state index in [1.165, 1.54) is 59.3 Å².